The van der Waals surface area contributed by atoms with E-state index in [-0.39, 0.29) is 0 Å². The SMILES string of the molecule is Cc1ccncc1-c1cc(N)c2cnc(Nc3ccn(C(C#N)C#N)n3)cc2c1. The van der Waals surface area contributed by atoms with Crippen molar-refractivity contribution >= 4 is 28.1 Å². The number of pyridine rings is 2. The van der Waals surface area contributed by atoms with E-state index in [0.29, 0.717) is 17.3 Å². The maximum absolute atomic E-state index is 8.98. The number of nitrogen functional groups attached to an aromatic ring is 1. The molecule has 8 heteroatoms. The minimum Gasteiger partial charge on any atom is -0.398 e. The number of aromatic nitrogens is 4. The van der Waals surface area contributed by atoms with Crippen LogP contribution in [0.1, 0.15) is 11.6 Å². The van der Waals surface area contributed by atoms with Gasteiger partial charge in [-0.25, -0.2) is 9.67 Å². The lowest BCUT2D eigenvalue weighted by Crippen LogP contribution is -2.05. The molecular formula is C21H16N8. The number of hydrogen-bond acceptors (Lipinski definition) is 7. The molecule has 3 N–H and O–H groups in total. The first kappa shape index (κ1) is 18.0. The number of nitriles is 2. The minimum atomic E-state index is -0.972. The number of benzene rings is 1. The Hall–Kier alpha value is -4.43. The molecule has 140 valence electrons. The summed E-state index contributed by atoms with van der Waals surface area (Å²) in [5, 5.41) is 27.0. The summed E-state index contributed by atoms with van der Waals surface area (Å²) in [7, 11) is 0. The summed E-state index contributed by atoms with van der Waals surface area (Å²) in [6.07, 6.45) is 6.86. The summed E-state index contributed by atoms with van der Waals surface area (Å²) < 4.78 is 1.30. The number of fused-ring (bicyclic) bond motifs is 1. The summed E-state index contributed by atoms with van der Waals surface area (Å²) in [6, 6.07) is 12.3. The first-order valence-corrected chi connectivity index (χ1v) is 8.80. The van der Waals surface area contributed by atoms with Crippen molar-refractivity contribution in [3.8, 4) is 23.3 Å². The Kier molecular flexibility index (Phi) is 4.52. The molecule has 0 aliphatic carbocycles. The van der Waals surface area contributed by atoms with Gasteiger partial charge >= 0.3 is 0 Å². The Morgan fingerprint density at radius 3 is 2.69 bits per heavy atom. The molecule has 0 saturated carbocycles. The average molecular weight is 380 g/mol. The Morgan fingerprint density at radius 1 is 1.10 bits per heavy atom. The fraction of sp³-hybridized carbons (Fsp3) is 0.0952. The van der Waals surface area contributed by atoms with Gasteiger partial charge in [0.1, 0.15) is 18.0 Å². The Morgan fingerprint density at radius 2 is 1.93 bits per heavy atom. The monoisotopic (exact) mass is 380 g/mol. The fourth-order valence-electron chi connectivity index (χ4n) is 3.10. The number of aryl methyl sites for hydroxylation is 1. The summed E-state index contributed by atoms with van der Waals surface area (Å²) >= 11 is 0. The van der Waals surface area contributed by atoms with Crippen molar-refractivity contribution in [2.24, 2.45) is 0 Å². The third-order valence-electron chi connectivity index (χ3n) is 4.59. The molecular weight excluding hydrogens is 364 g/mol. The van der Waals surface area contributed by atoms with E-state index in [1.54, 1.807) is 24.7 Å². The van der Waals surface area contributed by atoms with Gasteiger partial charge in [-0.3, -0.25) is 4.98 Å². The molecule has 29 heavy (non-hydrogen) atoms. The molecule has 0 bridgehead atoms. The Labute approximate surface area is 166 Å². The van der Waals surface area contributed by atoms with E-state index >= 15 is 0 Å². The highest BCUT2D eigenvalue weighted by Gasteiger charge is 2.11. The molecule has 0 amide bonds. The summed E-state index contributed by atoms with van der Waals surface area (Å²) in [4.78, 5) is 8.61. The number of nitrogens with one attached hydrogen (secondary N) is 1. The van der Waals surface area contributed by atoms with E-state index in [0.717, 1.165) is 27.5 Å². The van der Waals surface area contributed by atoms with Crippen LogP contribution in [0.25, 0.3) is 21.9 Å². The van der Waals surface area contributed by atoms with Gasteiger partial charge in [-0.1, -0.05) is 0 Å². The number of anilines is 3. The van der Waals surface area contributed by atoms with Crippen LogP contribution in [0.3, 0.4) is 0 Å². The van der Waals surface area contributed by atoms with E-state index in [2.05, 4.69) is 20.4 Å². The zero-order valence-electron chi connectivity index (χ0n) is 15.5. The molecule has 0 radical (unpaired) electrons. The molecule has 4 aromatic rings. The number of hydrogen-bond donors (Lipinski definition) is 2. The van der Waals surface area contributed by atoms with Crippen molar-refractivity contribution in [3.63, 3.8) is 0 Å². The van der Waals surface area contributed by atoms with Gasteiger partial charge < -0.3 is 11.1 Å². The maximum atomic E-state index is 8.98. The number of rotatable bonds is 4. The van der Waals surface area contributed by atoms with Crippen molar-refractivity contribution in [1.82, 2.24) is 19.7 Å². The van der Waals surface area contributed by atoms with Crippen LogP contribution < -0.4 is 11.1 Å². The predicted octanol–water partition coefficient (Wildman–Crippen LogP) is 3.72. The second-order valence-electron chi connectivity index (χ2n) is 6.51. The van der Waals surface area contributed by atoms with Crippen molar-refractivity contribution in [2.75, 3.05) is 11.1 Å². The van der Waals surface area contributed by atoms with Gasteiger partial charge in [-0.15, -0.1) is 0 Å². The second kappa shape index (κ2) is 7.29. The average Bonchev–Trinajstić information content (AvgIpc) is 3.17. The second-order valence-corrected chi connectivity index (χ2v) is 6.51. The van der Waals surface area contributed by atoms with Crippen LogP contribution >= 0.6 is 0 Å². The zero-order chi connectivity index (χ0) is 20.4. The highest BCUT2D eigenvalue weighted by molar-refractivity contribution is 5.97. The molecule has 0 spiro atoms. The summed E-state index contributed by atoms with van der Waals surface area (Å²) in [5.41, 5.74) is 10.0. The molecule has 0 atom stereocenters. The molecule has 3 heterocycles. The highest BCUT2D eigenvalue weighted by Crippen LogP contribution is 2.31. The first-order chi connectivity index (χ1) is 14.1. The topological polar surface area (TPSA) is 129 Å². The van der Waals surface area contributed by atoms with Crippen molar-refractivity contribution in [3.05, 3.63) is 60.7 Å². The van der Waals surface area contributed by atoms with E-state index < -0.39 is 6.04 Å². The summed E-state index contributed by atoms with van der Waals surface area (Å²) in [5.74, 6) is 1.06. The zero-order valence-corrected chi connectivity index (χ0v) is 15.5. The first-order valence-electron chi connectivity index (χ1n) is 8.80. The van der Waals surface area contributed by atoms with Crippen LogP contribution in [0.15, 0.2) is 55.1 Å². The Balaban J connectivity index is 1.70. The quantitative estimate of drug-likeness (QED) is 0.516. The Bertz CT molecular complexity index is 1280. The lowest BCUT2D eigenvalue weighted by atomic mass is 9.99. The molecule has 0 aliphatic heterocycles. The third kappa shape index (κ3) is 3.43. The molecule has 0 aliphatic rings. The molecule has 3 aromatic heterocycles. The van der Waals surface area contributed by atoms with Crippen LogP contribution in [-0.2, 0) is 0 Å². The standard InChI is InChI=1S/C21H16N8/c1-13-2-4-25-11-17(13)14-6-15-8-21(26-12-18(15)19(24)7-14)27-20-3-5-29(28-20)16(9-22)10-23/h2-8,11-12,16H,24H2,1H3,(H,26,27,28). The van der Waals surface area contributed by atoms with Crippen LogP contribution in [0.4, 0.5) is 17.3 Å². The molecule has 8 nitrogen and oxygen atoms in total. The van der Waals surface area contributed by atoms with Gasteiger partial charge in [0.2, 0.25) is 6.04 Å². The molecule has 1 aromatic carbocycles. The van der Waals surface area contributed by atoms with Crippen LogP contribution in [0, 0.1) is 29.6 Å². The van der Waals surface area contributed by atoms with Gasteiger partial charge in [0.05, 0.1) is 0 Å². The smallest absolute Gasteiger partial charge is 0.223 e. The predicted molar refractivity (Wildman–Crippen MR) is 110 cm³/mol. The van der Waals surface area contributed by atoms with E-state index in [9.17, 15) is 0 Å². The van der Waals surface area contributed by atoms with Crippen LogP contribution in [0.2, 0.25) is 0 Å². The van der Waals surface area contributed by atoms with Crippen LogP contribution in [0.5, 0.6) is 0 Å². The van der Waals surface area contributed by atoms with E-state index in [4.69, 9.17) is 16.3 Å². The lowest BCUT2D eigenvalue weighted by molar-refractivity contribution is 0.649. The third-order valence-corrected chi connectivity index (χ3v) is 4.59. The van der Waals surface area contributed by atoms with Crippen molar-refractivity contribution in [1.29, 1.82) is 10.5 Å². The summed E-state index contributed by atoms with van der Waals surface area (Å²) in [6.45, 7) is 2.03. The van der Waals surface area contributed by atoms with Crippen LogP contribution in [-0.4, -0.2) is 19.7 Å². The number of nitrogens with two attached hydrogens (primary N) is 1. The van der Waals surface area contributed by atoms with Gasteiger partial charge in [0.25, 0.3) is 0 Å². The largest absolute Gasteiger partial charge is 0.398 e. The maximum Gasteiger partial charge on any atom is 0.223 e. The van der Waals surface area contributed by atoms with Crippen molar-refractivity contribution < 1.29 is 0 Å². The minimum absolute atomic E-state index is 0.486. The molecule has 4 rings (SSSR count). The van der Waals surface area contributed by atoms with Gasteiger partial charge in [-0.2, -0.15) is 15.6 Å². The lowest BCUT2D eigenvalue weighted by Gasteiger charge is -2.10. The van der Waals surface area contributed by atoms with Crippen molar-refractivity contribution in [2.45, 2.75) is 13.0 Å². The van der Waals surface area contributed by atoms with Gasteiger partial charge in [0.15, 0.2) is 5.82 Å². The normalized spacial score (nSPS) is 10.6. The number of nitrogens with zero attached hydrogens (tertiary/aromatic N) is 6. The molecule has 0 unspecified atom stereocenters. The molecule has 0 saturated heterocycles. The fourth-order valence-corrected chi connectivity index (χ4v) is 3.10. The van der Waals surface area contributed by atoms with Gasteiger partial charge in [0, 0.05) is 47.5 Å². The molecule has 0 fully saturated rings. The van der Waals surface area contributed by atoms with Gasteiger partial charge in [-0.05, 0) is 47.7 Å². The van der Waals surface area contributed by atoms with E-state index in [1.165, 1.54) is 4.68 Å². The highest BCUT2D eigenvalue weighted by atomic mass is 15.3. The van der Waals surface area contributed by atoms with E-state index in [1.807, 2.05) is 49.5 Å².